The van der Waals surface area contributed by atoms with Crippen LogP contribution in [0.4, 0.5) is 0 Å². The number of alkyl halides is 1. The maximum Gasteiger partial charge on any atom is 0.158 e. The van der Waals surface area contributed by atoms with Crippen molar-refractivity contribution in [3.8, 4) is 0 Å². The van der Waals surface area contributed by atoms with Crippen molar-refractivity contribution in [2.75, 3.05) is 6.26 Å². The second-order valence-electron chi connectivity index (χ2n) is 5.66. The first kappa shape index (κ1) is 14.3. The molecule has 1 aliphatic carbocycles. The normalized spacial score (nSPS) is 18.6. The zero-order valence-corrected chi connectivity index (χ0v) is 14.1. The molecule has 2 aromatic heterocycles. The average Bonchev–Trinajstić information content (AvgIpc) is 2.98. The van der Waals surface area contributed by atoms with Gasteiger partial charge < -0.3 is 4.57 Å². The summed E-state index contributed by atoms with van der Waals surface area (Å²) in [5.41, 5.74) is 3.20. The van der Waals surface area contributed by atoms with Crippen molar-refractivity contribution in [3.05, 3.63) is 11.5 Å². The van der Waals surface area contributed by atoms with Crippen LogP contribution in [0.15, 0.2) is 0 Å². The molecule has 1 atom stereocenters. The van der Waals surface area contributed by atoms with Gasteiger partial charge in [0.1, 0.15) is 11.3 Å². The van der Waals surface area contributed by atoms with Crippen LogP contribution in [0.1, 0.15) is 43.6 Å². The van der Waals surface area contributed by atoms with E-state index in [2.05, 4.69) is 22.8 Å². The van der Waals surface area contributed by atoms with E-state index in [0.717, 1.165) is 35.6 Å². The average molecular weight is 313 g/mol. The number of nitrogens with zero attached hydrogens (tertiary/aromatic N) is 4. The van der Waals surface area contributed by atoms with Gasteiger partial charge in [-0.05, 0) is 32.4 Å². The highest BCUT2D eigenvalue weighted by molar-refractivity contribution is 8.00. The molecule has 1 unspecified atom stereocenters. The Bertz CT molecular complexity index is 639. The minimum atomic E-state index is -0.0789. The molecular formula is C14H21ClN4S. The van der Waals surface area contributed by atoms with Gasteiger partial charge in [-0.15, -0.1) is 11.6 Å². The zero-order chi connectivity index (χ0) is 14.5. The van der Waals surface area contributed by atoms with E-state index in [9.17, 15) is 0 Å². The number of aromatic nitrogens is 4. The Morgan fingerprint density at radius 1 is 1.45 bits per heavy atom. The predicted molar refractivity (Wildman–Crippen MR) is 85.6 cm³/mol. The van der Waals surface area contributed by atoms with Gasteiger partial charge in [-0.25, -0.2) is 4.98 Å². The third-order valence-electron chi connectivity index (χ3n) is 4.20. The highest BCUT2D eigenvalue weighted by Crippen LogP contribution is 2.49. The maximum atomic E-state index is 6.36. The van der Waals surface area contributed by atoms with E-state index >= 15 is 0 Å². The number of halogens is 1. The van der Waals surface area contributed by atoms with E-state index in [1.807, 2.05) is 30.4 Å². The van der Waals surface area contributed by atoms with Gasteiger partial charge in [-0.3, -0.25) is 4.68 Å². The van der Waals surface area contributed by atoms with Crippen molar-refractivity contribution < 1.29 is 0 Å². The molecule has 20 heavy (non-hydrogen) atoms. The number of fused-ring (bicyclic) bond motifs is 1. The molecule has 2 heterocycles. The molecule has 0 aromatic carbocycles. The van der Waals surface area contributed by atoms with Gasteiger partial charge in [0.15, 0.2) is 5.65 Å². The van der Waals surface area contributed by atoms with Crippen molar-refractivity contribution in [1.29, 1.82) is 0 Å². The topological polar surface area (TPSA) is 35.6 Å². The second-order valence-corrected chi connectivity index (χ2v) is 7.58. The van der Waals surface area contributed by atoms with Gasteiger partial charge in [0.2, 0.25) is 0 Å². The van der Waals surface area contributed by atoms with Crippen LogP contribution in [0, 0.1) is 0 Å². The molecular weight excluding hydrogens is 292 g/mol. The van der Waals surface area contributed by atoms with E-state index in [0.29, 0.717) is 4.75 Å². The standard InChI is InChI=1S/C14H21ClN4S/c1-5-10-11-13(18(3)17-10)19(12(16-11)9(2)15)8-14(20-4)6-7-14/h9H,5-8H2,1-4H3. The Morgan fingerprint density at radius 3 is 2.65 bits per heavy atom. The van der Waals surface area contributed by atoms with Gasteiger partial charge in [0.05, 0.1) is 11.1 Å². The summed E-state index contributed by atoms with van der Waals surface area (Å²) in [6.45, 7) is 5.10. The Kier molecular flexibility index (Phi) is 3.53. The fourth-order valence-corrected chi connectivity index (χ4v) is 3.75. The van der Waals surface area contributed by atoms with Crippen LogP contribution in [-0.4, -0.2) is 30.3 Å². The summed E-state index contributed by atoms with van der Waals surface area (Å²) in [4.78, 5) is 4.79. The van der Waals surface area contributed by atoms with Crippen molar-refractivity contribution in [2.24, 2.45) is 7.05 Å². The second kappa shape index (κ2) is 4.95. The summed E-state index contributed by atoms with van der Waals surface area (Å²) < 4.78 is 4.63. The molecule has 4 nitrogen and oxygen atoms in total. The van der Waals surface area contributed by atoms with Crippen LogP contribution in [0.2, 0.25) is 0 Å². The Morgan fingerprint density at radius 2 is 2.15 bits per heavy atom. The van der Waals surface area contributed by atoms with Crippen molar-refractivity contribution >= 4 is 34.5 Å². The molecule has 1 aliphatic rings. The van der Waals surface area contributed by atoms with Crippen LogP contribution in [-0.2, 0) is 20.0 Å². The molecule has 6 heteroatoms. The van der Waals surface area contributed by atoms with Crippen molar-refractivity contribution in [1.82, 2.24) is 19.3 Å². The number of imidazole rings is 1. The molecule has 0 saturated heterocycles. The Labute approximate surface area is 128 Å². The molecule has 0 bridgehead atoms. The highest BCUT2D eigenvalue weighted by atomic mass is 35.5. The fourth-order valence-electron chi connectivity index (χ4n) is 2.81. The molecule has 0 radical (unpaired) electrons. The van der Waals surface area contributed by atoms with Gasteiger partial charge in [-0.1, -0.05) is 6.92 Å². The van der Waals surface area contributed by atoms with Crippen molar-refractivity contribution in [3.63, 3.8) is 0 Å². The number of rotatable bonds is 5. The molecule has 3 rings (SSSR count). The molecule has 110 valence electrons. The molecule has 0 aliphatic heterocycles. The quantitative estimate of drug-likeness (QED) is 0.792. The van der Waals surface area contributed by atoms with Crippen molar-refractivity contribution in [2.45, 2.75) is 49.8 Å². The summed E-state index contributed by atoms with van der Waals surface area (Å²) in [5, 5.41) is 4.51. The minimum Gasteiger partial charge on any atom is -0.310 e. The predicted octanol–water partition coefficient (Wildman–Crippen LogP) is 3.53. The lowest BCUT2D eigenvalue weighted by Gasteiger charge is -2.17. The number of thioether (sulfide) groups is 1. The van der Waals surface area contributed by atoms with E-state index in [4.69, 9.17) is 16.6 Å². The molecule has 0 spiro atoms. The van der Waals surface area contributed by atoms with E-state index in [1.54, 1.807) is 0 Å². The molecule has 0 amide bonds. The number of hydrogen-bond donors (Lipinski definition) is 0. The van der Waals surface area contributed by atoms with E-state index in [-0.39, 0.29) is 5.38 Å². The van der Waals surface area contributed by atoms with Crippen LogP contribution in [0.5, 0.6) is 0 Å². The summed E-state index contributed by atoms with van der Waals surface area (Å²) in [6.07, 6.45) is 5.66. The summed E-state index contributed by atoms with van der Waals surface area (Å²) in [7, 11) is 2.00. The van der Waals surface area contributed by atoms with Gasteiger partial charge in [0, 0.05) is 18.3 Å². The first-order valence-corrected chi connectivity index (χ1v) is 8.78. The molecule has 1 fully saturated rings. The summed E-state index contributed by atoms with van der Waals surface area (Å²) in [6, 6.07) is 0. The summed E-state index contributed by atoms with van der Waals surface area (Å²) >= 11 is 8.32. The molecule has 1 saturated carbocycles. The zero-order valence-electron chi connectivity index (χ0n) is 12.5. The largest absolute Gasteiger partial charge is 0.310 e. The van der Waals surface area contributed by atoms with E-state index in [1.165, 1.54) is 12.8 Å². The fraction of sp³-hybridized carbons (Fsp3) is 0.714. The first-order valence-electron chi connectivity index (χ1n) is 7.12. The highest BCUT2D eigenvalue weighted by Gasteiger charge is 2.43. The third kappa shape index (κ3) is 2.15. The van der Waals surface area contributed by atoms with Gasteiger partial charge in [-0.2, -0.15) is 16.9 Å². The summed E-state index contributed by atoms with van der Waals surface area (Å²) in [5.74, 6) is 0.977. The van der Waals surface area contributed by atoms with Gasteiger partial charge >= 0.3 is 0 Å². The lowest BCUT2D eigenvalue weighted by molar-refractivity contribution is 0.614. The lowest BCUT2D eigenvalue weighted by Crippen LogP contribution is -2.17. The van der Waals surface area contributed by atoms with Crippen LogP contribution in [0.25, 0.3) is 11.2 Å². The van der Waals surface area contributed by atoms with E-state index < -0.39 is 0 Å². The monoisotopic (exact) mass is 312 g/mol. The van der Waals surface area contributed by atoms with Crippen LogP contribution in [0.3, 0.4) is 0 Å². The molecule has 2 aromatic rings. The van der Waals surface area contributed by atoms with Crippen LogP contribution < -0.4 is 0 Å². The smallest absolute Gasteiger partial charge is 0.158 e. The number of hydrogen-bond acceptors (Lipinski definition) is 3. The minimum absolute atomic E-state index is 0.0789. The number of aryl methyl sites for hydroxylation is 2. The Balaban J connectivity index is 2.16. The third-order valence-corrected chi connectivity index (χ3v) is 5.80. The maximum absolute atomic E-state index is 6.36. The molecule has 0 N–H and O–H groups in total. The SMILES string of the molecule is CCc1nn(C)c2c1nc(C(C)Cl)n2CC1(SC)CC1. The van der Waals surface area contributed by atoms with Crippen LogP contribution >= 0.6 is 23.4 Å². The first-order chi connectivity index (χ1) is 9.51. The Hall–Kier alpha value is -0.680. The lowest BCUT2D eigenvalue weighted by atomic mass is 10.3. The van der Waals surface area contributed by atoms with Gasteiger partial charge in [0.25, 0.3) is 0 Å².